The zero-order chi connectivity index (χ0) is 10.8. The maximum Gasteiger partial charge on any atom is 0.222 e. The first kappa shape index (κ1) is 12.9. The van der Waals surface area contributed by atoms with Crippen LogP contribution in [0.1, 0.15) is 19.3 Å². The SMILES string of the molecule is C#CCCCNC(=O)CC(CN)OC. The number of rotatable bonds is 7. The first-order valence-electron chi connectivity index (χ1n) is 4.67. The summed E-state index contributed by atoms with van der Waals surface area (Å²) in [6.45, 7) is 0.971. The third kappa shape index (κ3) is 6.46. The molecule has 0 bridgehead atoms. The maximum atomic E-state index is 11.2. The molecule has 4 nitrogen and oxygen atoms in total. The van der Waals surface area contributed by atoms with Crippen molar-refractivity contribution in [3.05, 3.63) is 0 Å². The Bertz CT molecular complexity index is 195. The summed E-state index contributed by atoms with van der Waals surface area (Å²) in [5.74, 6) is 2.47. The number of hydrogen-bond donors (Lipinski definition) is 2. The van der Waals surface area contributed by atoms with Crippen LogP contribution in [0.15, 0.2) is 0 Å². The van der Waals surface area contributed by atoms with Crippen LogP contribution >= 0.6 is 0 Å². The summed E-state index contributed by atoms with van der Waals surface area (Å²) in [5.41, 5.74) is 5.38. The Morgan fingerprint density at radius 3 is 2.93 bits per heavy atom. The van der Waals surface area contributed by atoms with Crippen molar-refractivity contribution in [2.75, 3.05) is 20.2 Å². The molecular weight excluding hydrogens is 180 g/mol. The van der Waals surface area contributed by atoms with Gasteiger partial charge in [0.05, 0.1) is 12.5 Å². The smallest absolute Gasteiger partial charge is 0.222 e. The number of carbonyl (C=O) groups excluding carboxylic acids is 1. The van der Waals surface area contributed by atoms with E-state index in [1.807, 2.05) is 0 Å². The van der Waals surface area contributed by atoms with E-state index in [0.717, 1.165) is 6.42 Å². The molecular formula is C10H18N2O2. The number of methoxy groups -OCH3 is 1. The van der Waals surface area contributed by atoms with Crippen LogP contribution in [0.5, 0.6) is 0 Å². The van der Waals surface area contributed by atoms with Crippen molar-refractivity contribution in [1.82, 2.24) is 5.32 Å². The number of nitrogens with two attached hydrogens (primary N) is 1. The molecule has 0 aliphatic carbocycles. The van der Waals surface area contributed by atoms with E-state index in [0.29, 0.717) is 25.9 Å². The molecule has 0 aromatic carbocycles. The van der Waals surface area contributed by atoms with Crippen LogP contribution in [-0.2, 0) is 9.53 Å². The van der Waals surface area contributed by atoms with Gasteiger partial charge in [-0.3, -0.25) is 4.79 Å². The average molecular weight is 198 g/mol. The van der Waals surface area contributed by atoms with Crippen molar-refractivity contribution in [1.29, 1.82) is 0 Å². The van der Waals surface area contributed by atoms with E-state index < -0.39 is 0 Å². The number of carbonyl (C=O) groups is 1. The van der Waals surface area contributed by atoms with Crippen molar-refractivity contribution in [2.24, 2.45) is 5.73 Å². The predicted molar refractivity (Wildman–Crippen MR) is 55.5 cm³/mol. The normalized spacial score (nSPS) is 11.8. The van der Waals surface area contributed by atoms with Gasteiger partial charge in [-0.25, -0.2) is 0 Å². The average Bonchev–Trinajstić information content (AvgIpc) is 2.21. The van der Waals surface area contributed by atoms with Gasteiger partial charge in [0.1, 0.15) is 0 Å². The lowest BCUT2D eigenvalue weighted by Crippen LogP contribution is -2.32. The first-order valence-corrected chi connectivity index (χ1v) is 4.67. The number of ether oxygens (including phenoxy) is 1. The van der Waals surface area contributed by atoms with E-state index in [2.05, 4.69) is 11.2 Å². The van der Waals surface area contributed by atoms with Crippen molar-refractivity contribution in [3.8, 4) is 12.3 Å². The first-order chi connectivity index (χ1) is 6.74. The zero-order valence-electron chi connectivity index (χ0n) is 8.58. The minimum atomic E-state index is -0.192. The summed E-state index contributed by atoms with van der Waals surface area (Å²) in [6, 6.07) is 0. The highest BCUT2D eigenvalue weighted by atomic mass is 16.5. The van der Waals surface area contributed by atoms with E-state index in [1.165, 1.54) is 0 Å². The standard InChI is InChI=1S/C10H18N2O2/c1-3-4-5-6-12-10(13)7-9(8-11)14-2/h1,9H,4-8,11H2,2H3,(H,12,13). The Balaban J connectivity index is 3.50. The highest BCUT2D eigenvalue weighted by molar-refractivity contribution is 5.76. The van der Waals surface area contributed by atoms with Crippen molar-refractivity contribution in [3.63, 3.8) is 0 Å². The maximum absolute atomic E-state index is 11.2. The van der Waals surface area contributed by atoms with Crippen molar-refractivity contribution >= 4 is 5.91 Å². The third-order valence-electron chi connectivity index (χ3n) is 1.83. The summed E-state index contributed by atoms with van der Waals surface area (Å²) < 4.78 is 4.98. The fourth-order valence-corrected chi connectivity index (χ4v) is 0.960. The van der Waals surface area contributed by atoms with Crippen LogP contribution < -0.4 is 11.1 Å². The molecule has 4 heteroatoms. The van der Waals surface area contributed by atoms with Gasteiger partial charge in [0.15, 0.2) is 0 Å². The Labute approximate surface area is 85.2 Å². The van der Waals surface area contributed by atoms with Gasteiger partial charge in [0.2, 0.25) is 5.91 Å². The molecule has 80 valence electrons. The predicted octanol–water partition coefficient (Wildman–Crippen LogP) is -0.120. The number of nitrogens with one attached hydrogen (secondary N) is 1. The second kappa shape index (κ2) is 8.54. The van der Waals surface area contributed by atoms with Gasteiger partial charge < -0.3 is 15.8 Å². The van der Waals surface area contributed by atoms with Crippen LogP contribution in [0.3, 0.4) is 0 Å². The summed E-state index contributed by atoms with van der Waals surface area (Å²) >= 11 is 0. The van der Waals surface area contributed by atoms with E-state index in [9.17, 15) is 4.79 Å². The summed E-state index contributed by atoms with van der Waals surface area (Å²) in [6.07, 6.45) is 6.68. The van der Waals surface area contributed by atoms with E-state index in [4.69, 9.17) is 16.9 Å². The lowest BCUT2D eigenvalue weighted by Gasteiger charge is -2.12. The van der Waals surface area contributed by atoms with Gasteiger partial charge in [-0.05, 0) is 6.42 Å². The molecule has 0 radical (unpaired) electrons. The van der Waals surface area contributed by atoms with E-state index >= 15 is 0 Å². The van der Waals surface area contributed by atoms with Crippen LogP contribution in [0.2, 0.25) is 0 Å². The molecule has 1 amide bonds. The van der Waals surface area contributed by atoms with Crippen LogP contribution in [-0.4, -0.2) is 32.2 Å². The van der Waals surface area contributed by atoms with Crippen LogP contribution in [0, 0.1) is 12.3 Å². The molecule has 0 saturated carbocycles. The van der Waals surface area contributed by atoms with Gasteiger partial charge >= 0.3 is 0 Å². The molecule has 14 heavy (non-hydrogen) atoms. The largest absolute Gasteiger partial charge is 0.380 e. The molecule has 0 saturated heterocycles. The molecule has 3 N–H and O–H groups in total. The second-order valence-corrected chi connectivity index (χ2v) is 2.96. The topological polar surface area (TPSA) is 64.4 Å². The quantitative estimate of drug-likeness (QED) is 0.443. The monoisotopic (exact) mass is 198 g/mol. The number of hydrogen-bond acceptors (Lipinski definition) is 3. The molecule has 0 aromatic heterocycles. The second-order valence-electron chi connectivity index (χ2n) is 2.96. The Morgan fingerprint density at radius 1 is 1.71 bits per heavy atom. The van der Waals surface area contributed by atoms with E-state index in [1.54, 1.807) is 7.11 Å². The van der Waals surface area contributed by atoms with Crippen molar-refractivity contribution < 1.29 is 9.53 Å². The molecule has 0 spiro atoms. The van der Waals surface area contributed by atoms with Gasteiger partial charge in [0, 0.05) is 26.6 Å². The van der Waals surface area contributed by atoms with Gasteiger partial charge in [0.25, 0.3) is 0 Å². The Hall–Kier alpha value is -1.05. The lowest BCUT2D eigenvalue weighted by atomic mass is 10.2. The molecule has 1 unspecified atom stereocenters. The molecule has 1 atom stereocenters. The summed E-state index contributed by atoms with van der Waals surface area (Å²) in [4.78, 5) is 11.2. The highest BCUT2D eigenvalue weighted by Crippen LogP contribution is 1.94. The van der Waals surface area contributed by atoms with Gasteiger partial charge in [-0.1, -0.05) is 0 Å². The van der Waals surface area contributed by atoms with Crippen LogP contribution in [0.25, 0.3) is 0 Å². The fourth-order valence-electron chi connectivity index (χ4n) is 0.960. The summed E-state index contributed by atoms with van der Waals surface area (Å²) in [7, 11) is 1.54. The minimum absolute atomic E-state index is 0.0423. The third-order valence-corrected chi connectivity index (χ3v) is 1.83. The zero-order valence-corrected chi connectivity index (χ0v) is 8.58. The molecule has 0 heterocycles. The summed E-state index contributed by atoms with van der Waals surface area (Å²) in [5, 5.41) is 2.75. The molecule has 0 aliphatic heterocycles. The molecule has 0 aromatic rings. The Kier molecular flexibility index (Phi) is 7.90. The van der Waals surface area contributed by atoms with Gasteiger partial charge in [-0.15, -0.1) is 12.3 Å². The Morgan fingerprint density at radius 2 is 2.43 bits per heavy atom. The molecule has 0 fully saturated rings. The number of terminal acetylenes is 1. The van der Waals surface area contributed by atoms with Crippen LogP contribution in [0.4, 0.5) is 0 Å². The minimum Gasteiger partial charge on any atom is -0.380 e. The number of unbranched alkanes of at least 4 members (excludes halogenated alkanes) is 1. The van der Waals surface area contributed by atoms with Crippen molar-refractivity contribution in [2.45, 2.75) is 25.4 Å². The van der Waals surface area contributed by atoms with Gasteiger partial charge in [-0.2, -0.15) is 0 Å². The molecule has 0 aliphatic rings. The fraction of sp³-hybridized carbons (Fsp3) is 0.700. The molecule has 0 rings (SSSR count). The number of amides is 1. The lowest BCUT2D eigenvalue weighted by molar-refractivity contribution is -0.123. The van der Waals surface area contributed by atoms with E-state index in [-0.39, 0.29) is 12.0 Å². The highest BCUT2D eigenvalue weighted by Gasteiger charge is 2.10.